The van der Waals surface area contributed by atoms with E-state index in [0.29, 0.717) is 15.3 Å². The first-order valence-electron chi connectivity index (χ1n) is 29.0. The molecular weight excluding hydrogens is 1340 g/mol. The summed E-state index contributed by atoms with van der Waals surface area (Å²) in [5.74, 6) is -42.8. The van der Waals surface area contributed by atoms with Crippen molar-refractivity contribution in [3.05, 3.63) is 353 Å². The Hall–Kier alpha value is -9.32. The molecule has 10 aromatic rings. The van der Waals surface area contributed by atoms with Crippen LogP contribution >= 0.6 is 0 Å². The molecule has 3 atom stereocenters. The van der Waals surface area contributed by atoms with Gasteiger partial charge in [0.1, 0.15) is 0 Å². The predicted octanol–water partition coefficient (Wildman–Crippen LogP) is 19.7. The van der Waals surface area contributed by atoms with Crippen LogP contribution in [-0.2, 0) is 23.2 Å². The van der Waals surface area contributed by atoms with E-state index in [1.165, 1.54) is 90.6 Å². The monoisotopic (exact) mass is 1380 g/mol. The van der Waals surface area contributed by atoms with Gasteiger partial charge in [-0.05, 0) is 40.3 Å². The Morgan fingerprint density at radius 1 is 0.358 bits per heavy atom. The first-order valence-corrected chi connectivity index (χ1v) is 31.6. The van der Waals surface area contributed by atoms with E-state index in [0.717, 1.165) is 12.1 Å². The van der Waals surface area contributed by atoms with Crippen molar-refractivity contribution in [2.75, 3.05) is 0 Å². The number of rotatable bonds is 11. The molecule has 10 aromatic carbocycles. The largest absolute Gasteiger partial charge is 0.631 e. The van der Waals surface area contributed by atoms with E-state index in [1.54, 1.807) is 0 Å². The fourth-order valence-electron chi connectivity index (χ4n) is 12.5. The van der Waals surface area contributed by atoms with Crippen LogP contribution in [0.25, 0.3) is 54.9 Å². The summed E-state index contributed by atoms with van der Waals surface area (Å²) in [5.41, 5.74) is 1.43. The van der Waals surface area contributed by atoms with E-state index in [9.17, 15) is 39.5 Å². The minimum Gasteiger partial charge on any atom is -0.402 e. The first kappa shape index (κ1) is 67.1. The molecule has 3 aliphatic carbocycles. The zero-order valence-electron chi connectivity index (χ0n) is 49.5. The van der Waals surface area contributed by atoms with Crippen molar-refractivity contribution < 1.29 is 104 Å². The second-order valence-electron chi connectivity index (χ2n) is 22.1. The minimum atomic E-state index is -2.75. The van der Waals surface area contributed by atoms with Gasteiger partial charge in [-0.3, -0.25) is 0 Å². The van der Waals surface area contributed by atoms with E-state index in [1.807, 2.05) is 0 Å². The Morgan fingerprint density at radius 3 is 1.24 bits per heavy atom. The van der Waals surface area contributed by atoms with Crippen LogP contribution in [0.15, 0.2) is 199 Å². The molecule has 95 heavy (non-hydrogen) atoms. The number of hydrogen-bond acceptors (Lipinski definition) is 3. The quantitative estimate of drug-likeness (QED) is 0.0302. The molecule has 20 heteroatoms. The molecule has 0 aromatic heterocycles. The van der Waals surface area contributed by atoms with Crippen LogP contribution in [0.4, 0.5) is 65.9 Å². The SMILES string of the molecule is CC1=Cc2ccccc2C1C1C(c2c(F)c(F)c(F)c(F)c2F)=C(c2c(F)c(F)c(F)c(F)c2F)c2c(-c3c(F)c(F)c(F)c(F)c3F)cccc21.CC1=Cc2ccccc2[CH]1[Zr][C](=C(C(=Cc1ccccc1)c1ccccc1)c1ccccc1)c1ccccc1.OB(O)O. The van der Waals surface area contributed by atoms with Crippen molar-refractivity contribution in [3.63, 3.8) is 0 Å². The maximum absolute atomic E-state index is 15.9. The molecule has 0 heterocycles. The third-order valence-corrected chi connectivity index (χ3v) is 21.1. The van der Waals surface area contributed by atoms with Crippen LogP contribution in [0, 0.1) is 87.3 Å². The van der Waals surface area contributed by atoms with E-state index < -0.39 is 174 Å². The van der Waals surface area contributed by atoms with Gasteiger partial charge in [-0.1, -0.05) is 54.1 Å². The summed E-state index contributed by atoms with van der Waals surface area (Å²) in [7, 11) is -2.17. The van der Waals surface area contributed by atoms with Gasteiger partial charge in [-0.2, -0.15) is 0 Å². The average Bonchev–Trinajstić information content (AvgIpc) is 1.54. The molecule has 0 radical (unpaired) electrons. The zero-order valence-corrected chi connectivity index (χ0v) is 51.9. The van der Waals surface area contributed by atoms with E-state index in [4.69, 9.17) is 15.1 Å². The Bertz CT molecular complexity index is 4740. The molecule has 3 nitrogen and oxygen atoms in total. The Labute approximate surface area is 545 Å². The van der Waals surface area contributed by atoms with Gasteiger partial charge in [0.25, 0.3) is 0 Å². The summed E-state index contributed by atoms with van der Waals surface area (Å²) < 4.78 is 228. The molecule has 0 fully saturated rings. The van der Waals surface area contributed by atoms with Crippen molar-refractivity contribution >= 4 is 51.1 Å². The molecule has 3 aliphatic rings. The number of allylic oxidation sites excluding steroid dienone is 5. The molecule has 13 rings (SSSR count). The van der Waals surface area contributed by atoms with Crippen molar-refractivity contribution in [2.45, 2.75) is 29.3 Å². The van der Waals surface area contributed by atoms with E-state index in [2.05, 4.69) is 165 Å². The van der Waals surface area contributed by atoms with Gasteiger partial charge in [0, 0.05) is 17.4 Å². The zero-order chi connectivity index (χ0) is 67.8. The number of benzene rings is 10. The summed E-state index contributed by atoms with van der Waals surface area (Å²) in [6, 6.07) is 61.2. The smallest absolute Gasteiger partial charge is 0.402 e. The Balaban J connectivity index is 0.000000190. The summed E-state index contributed by atoms with van der Waals surface area (Å²) in [6.45, 7) is 3.74. The maximum Gasteiger partial charge on any atom is 0.631 e. The van der Waals surface area contributed by atoms with Crippen LogP contribution < -0.4 is 0 Å². The number of fused-ring (bicyclic) bond motifs is 3. The summed E-state index contributed by atoms with van der Waals surface area (Å²) in [6.07, 6.45) is 6.27. The standard InChI is InChI=1S/C37H13F15.C28H21.C10H9.BH3O3.Zr/c1-10-9-11-5-2-3-6-12(11)15(10)17-13-7-4-8-14(18-23(38)29(44)35(50)30(45)24(18)39)16(13)19(21-25(40)31(46)36(51)32(47)26(21)41)20(17)22-27(42)33(48)37(52)34(49)28(22)43;1-5-13-23(14-6-1)21-27(25-17-9-3-10-18-25)28(26-19-11-4-12-20-26)22-24-15-7-2-8-16-24;1-8-6-9-4-2-3-5-10(9)7-8;2-1(3)4;/h2-9,15,17H,1H3;1-21H;2-7H,1H3;2-4H;. The molecule has 0 saturated carbocycles. The molecule has 0 saturated heterocycles. The van der Waals surface area contributed by atoms with Gasteiger partial charge < -0.3 is 15.1 Å². The predicted molar refractivity (Wildman–Crippen MR) is 331 cm³/mol. The molecule has 3 N–H and O–H groups in total. The molecular formula is C75H46BF15O3Zr. The summed E-state index contributed by atoms with van der Waals surface area (Å²) >= 11 is -1.20. The molecule has 0 aliphatic heterocycles. The van der Waals surface area contributed by atoms with Crippen LogP contribution in [-0.4, -0.2) is 22.4 Å². The van der Waals surface area contributed by atoms with Crippen LogP contribution in [0.5, 0.6) is 0 Å². The van der Waals surface area contributed by atoms with Gasteiger partial charge in [-0.15, -0.1) is 0 Å². The third-order valence-electron chi connectivity index (χ3n) is 16.5. The van der Waals surface area contributed by atoms with Gasteiger partial charge in [0.2, 0.25) is 17.5 Å². The molecule has 3 unspecified atom stereocenters. The number of halogens is 15. The second kappa shape index (κ2) is 27.9. The normalized spacial score (nSPS) is 15.6. The topological polar surface area (TPSA) is 60.7 Å². The summed E-state index contributed by atoms with van der Waals surface area (Å²) in [4.78, 5) is 0. The molecule has 0 bridgehead atoms. The molecule has 476 valence electrons. The van der Waals surface area contributed by atoms with Crippen LogP contribution in [0.3, 0.4) is 0 Å². The molecule has 0 amide bonds. The number of hydrogen-bond donors (Lipinski definition) is 3. The van der Waals surface area contributed by atoms with Crippen molar-refractivity contribution in [1.82, 2.24) is 0 Å². The van der Waals surface area contributed by atoms with Crippen LogP contribution in [0.2, 0.25) is 0 Å². The third kappa shape index (κ3) is 12.6. The van der Waals surface area contributed by atoms with Crippen LogP contribution in [0.1, 0.15) is 96.1 Å². The van der Waals surface area contributed by atoms with Gasteiger partial charge >= 0.3 is 252 Å². The van der Waals surface area contributed by atoms with Crippen molar-refractivity contribution in [2.24, 2.45) is 0 Å². The fraction of sp³-hybridized carbons (Fsp3) is 0.0667. The fourth-order valence-corrected chi connectivity index (χ4v) is 16.9. The van der Waals surface area contributed by atoms with Gasteiger partial charge in [0.05, 0.1) is 16.7 Å². The van der Waals surface area contributed by atoms with Crippen molar-refractivity contribution in [3.8, 4) is 11.1 Å². The second-order valence-corrected chi connectivity index (χ2v) is 25.5. The van der Waals surface area contributed by atoms with E-state index in [-0.39, 0.29) is 11.1 Å². The minimum absolute atomic E-state index is 0.234. The maximum atomic E-state index is 15.9. The van der Waals surface area contributed by atoms with E-state index >= 15 is 26.3 Å². The van der Waals surface area contributed by atoms with Crippen molar-refractivity contribution in [1.29, 1.82) is 0 Å². The average molecular weight is 1380 g/mol. The molecule has 0 spiro atoms. The first-order chi connectivity index (χ1) is 45.5. The van der Waals surface area contributed by atoms with Gasteiger partial charge in [-0.25, -0.2) is 65.9 Å². The Kier molecular flexibility index (Phi) is 19.7. The van der Waals surface area contributed by atoms with Gasteiger partial charge in [0.15, 0.2) is 69.8 Å². The summed E-state index contributed by atoms with van der Waals surface area (Å²) in [5, 5.41) is 21.5. The Morgan fingerprint density at radius 2 is 0.737 bits per heavy atom.